The maximum Gasteiger partial charge on any atom is 0.275 e. The Bertz CT molecular complexity index is 699. The molecule has 1 aromatic heterocycles. The summed E-state index contributed by atoms with van der Waals surface area (Å²) in [6, 6.07) is 4.26. The predicted octanol–water partition coefficient (Wildman–Crippen LogP) is 2.17. The van der Waals surface area contributed by atoms with E-state index in [9.17, 15) is 9.59 Å². The summed E-state index contributed by atoms with van der Waals surface area (Å²) in [6.45, 7) is 1.79. The second kappa shape index (κ2) is 6.21. The van der Waals surface area contributed by atoms with Gasteiger partial charge in [-0.15, -0.1) is 11.3 Å². The molecule has 1 aromatic carbocycles. The summed E-state index contributed by atoms with van der Waals surface area (Å²) in [5.74, 6) is -1.06. The molecule has 110 valence electrons. The van der Waals surface area contributed by atoms with Gasteiger partial charge in [-0.05, 0) is 25.1 Å². The normalized spacial score (nSPS) is 12.0. The highest BCUT2D eigenvalue weighted by Gasteiger charge is 2.14. The Balaban J connectivity index is 2.19. The van der Waals surface area contributed by atoms with Crippen LogP contribution in [0.15, 0.2) is 23.6 Å². The molecule has 8 heteroatoms. The quantitative estimate of drug-likeness (QED) is 0.800. The van der Waals surface area contributed by atoms with E-state index in [2.05, 4.69) is 10.3 Å². The number of thiazole rings is 1. The van der Waals surface area contributed by atoms with E-state index < -0.39 is 11.8 Å². The highest BCUT2D eigenvalue weighted by Crippen LogP contribution is 2.21. The van der Waals surface area contributed by atoms with Gasteiger partial charge >= 0.3 is 0 Å². The lowest BCUT2D eigenvalue weighted by molar-refractivity contribution is 0.0995. The first kappa shape index (κ1) is 15.4. The molecule has 5 N–H and O–H groups in total. The van der Waals surface area contributed by atoms with Crippen molar-refractivity contribution in [1.82, 2.24) is 4.98 Å². The molecule has 0 fully saturated rings. The molecule has 0 aliphatic heterocycles. The lowest BCUT2D eigenvalue weighted by Gasteiger charge is -2.06. The molecule has 0 aliphatic rings. The number of anilines is 1. The van der Waals surface area contributed by atoms with Crippen LogP contribution in [0.5, 0.6) is 0 Å². The molecular weight excluding hydrogens is 312 g/mol. The number of aromatic nitrogens is 1. The zero-order valence-corrected chi connectivity index (χ0v) is 12.7. The summed E-state index contributed by atoms with van der Waals surface area (Å²) < 4.78 is 0. The molecular formula is C13H13ClN4O2S. The number of benzene rings is 1. The molecule has 0 aliphatic carbocycles. The van der Waals surface area contributed by atoms with Gasteiger partial charge in [0.25, 0.3) is 5.91 Å². The van der Waals surface area contributed by atoms with Gasteiger partial charge < -0.3 is 16.8 Å². The van der Waals surface area contributed by atoms with E-state index in [1.54, 1.807) is 18.4 Å². The van der Waals surface area contributed by atoms with Crippen molar-refractivity contribution in [2.45, 2.75) is 13.0 Å². The monoisotopic (exact) mass is 324 g/mol. The number of primary amides is 1. The minimum atomic E-state index is -0.663. The number of nitrogens with zero attached hydrogens (tertiary/aromatic N) is 1. The predicted molar refractivity (Wildman–Crippen MR) is 82.6 cm³/mol. The number of rotatable bonds is 4. The van der Waals surface area contributed by atoms with Crippen molar-refractivity contribution in [1.29, 1.82) is 0 Å². The Morgan fingerprint density at radius 2 is 2.14 bits per heavy atom. The zero-order chi connectivity index (χ0) is 15.6. The Hall–Kier alpha value is -1.96. The average Bonchev–Trinajstić information content (AvgIpc) is 2.90. The number of nitrogens with one attached hydrogen (secondary N) is 1. The van der Waals surface area contributed by atoms with Gasteiger partial charge in [-0.1, -0.05) is 11.6 Å². The molecule has 1 heterocycles. The van der Waals surface area contributed by atoms with E-state index >= 15 is 0 Å². The summed E-state index contributed by atoms with van der Waals surface area (Å²) in [5, 5.41) is 5.16. The summed E-state index contributed by atoms with van der Waals surface area (Å²) in [4.78, 5) is 27.4. The maximum atomic E-state index is 12.1. The number of amides is 2. The van der Waals surface area contributed by atoms with Gasteiger partial charge in [-0.3, -0.25) is 9.59 Å². The number of hydrogen-bond donors (Lipinski definition) is 3. The smallest absolute Gasteiger partial charge is 0.275 e. The standard InChI is InChI=1S/C13H13ClN4O2S/c1-6(15)13-18-10(5-21-13)12(20)17-7-2-3-9(14)8(4-7)11(16)19/h2-6H,15H2,1H3,(H2,16,19)(H,17,20). The Morgan fingerprint density at radius 3 is 2.71 bits per heavy atom. The highest BCUT2D eigenvalue weighted by molar-refractivity contribution is 7.09. The van der Waals surface area contributed by atoms with Crippen molar-refractivity contribution in [2.75, 3.05) is 5.32 Å². The zero-order valence-electron chi connectivity index (χ0n) is 11.1. The second-order valence-electron chi connectivity index (χ2n) is 4.37. The molecule has 2 aromatic rings. The van der Waals surface area contributed by atoms with Crippen molar-refractivity contribution < 1.29 is 9.59 Å². The van der Waals surface area contributed by atoms with E-state index in [-0.39, 0.29) is 22.3 Å². The fourth-order valence-electron chi connectivity index (χ4n) is 1.59. The van der Waals surface area contributed by atoms with E-state index in [4.69, 9.17) is 23.1 Å². The minimum Gasteiger partial charge on any atom is -0.366 e. The number of hydrogen-bond acceptors (Lipinski definition) is 5. The molecule has 21 heavy (non-hydrogen) atoms. The van der Waals surface area contributed by atoms with Crippen molar-refractivity contribution in [3.63, 3.8) is 0 Å². The van der Waals surface area contributed by atoms with Crippen LogP contribution in [-0.2, 0) is 0 Å². The first-order chi connectivity index (χ1) is 9.88. The molecule has 6 nitrogen and oxygen atoms in total. The third-order valence-electron chi connectivity index (χ3n) is 2.63. The molecule has 0 saturated carbocycles. The van der Waals surface area contributed by atoms with Crippen molar-refractivity contribution >= 4 is 40.4 Å². The van der Waals surface area contributed by atoms with Crippen molar-refractivity contribution in [2.24, 2.45) is 11.5 Å². The molecule has 1 unspecified atom stereocenters. The Labute approximate surface area is 130 Å². The van der Waals surface area contributed by atoms with Crippen molar-refractivity contribution in [3.05, 3.63) is 44.9 Å². The number of carbonyl (C=O) groups excluding carboxylic acids is 2. The summed E-state index contributed by atoms with van der Waals surface area (Å²) in [6.07, 6.45) is 0. The van der Waals surface area contributed by atoms with Crippen LogP contribution in [-0.4, -0.2) is 16.8 Å². The Morgan fingerprint density at radius 1 is 1.43 bits per heavy atom. The van der Waals surface area contributed by atoms with Gasteiger partial charge in [0.2, 0.25) is 5.91 Å². The van der Waals surface area contributed by atoms with Crippen LogP contribution in [0.1, 0.15) is 38.8 Å². The van der Waals surface area contributed by atoms with Crippen LogP contribution < -0.4 is 16.8 Å². The molecule has 1 atom stereocenters. The molecule has 0 spiro atoms. The first-order valence-electron chi connectivity index (χ1n) is 6.00. The lowest BCUT2D eigenvalue weighted by atomic mass is 10.2. The van der Waals surface area contributed by atoms with Gasteiger partial charge in [0.15, 0.2) is 0 Å². The van der Waals surface area contributed by atoms with Gasteiger partial charge in [0.1, 0.15) is 10.7 Å². The first-order valence-corrected chi connectivity index (χ1v) is 7.26. The third-order valence-corrected chi connectivity index (χ3v) is 4.01. The van der Waals surface area contributed by atoms with Gasteiger partial charge in [-0.2, -0.15) is 0 Å². The lowest BCUT2D eigenvalue weighted by Crippen LogP contribution is -2.15. The fraction of sp³-hybridized carbons (Fsp3) is 0.154. The number of carbonyl (C=O) groups is 2. The van der Waals surface area contributed by atoms with E-state index in [0.717, 1.165) is 0 Å². The summed E-state index contributed by atoms with van der Waals surface area (Å²) in [5.41, 5.74) is 11.7. The van der Waals surface area contributed by atoms with E-state index in [1.165, 1.54) is 23.5 Å². The van der Waals surface area contributed by atoms with Crippen LogP contribution in [0.25, 0.3) is 0 Å². The van der Waals surface area contributed by atoms with Crippen molar-refractivity contribution in [3.8, 4) is 0 Å². The molecule has 0 bridgehead atoms. The number of halogens is 1. The van der Waals surface area contributed by atoms with E-state index in [1.807, 2.05) is 0 Å². The van der Waals surface area contributed by atoms with Gasteiger partial charge in [-0.25, -0.2) is 4.98 Å². The maximum absolute atomic E-state index is 12.1. The SMILES string of the molecule is CC(N)c1nc(C(=O)Nc2ccc(Cl)c(C(N)=O)c2)cs1. The molecule has 2 rings (SSSR count). The average molecular weight is 325 g/mol. The van der Waals surface area contributed by atoms with Crippen LogP contribution in [0.3, 0.4) is 0 Å². The van der Waals surface area contributed by atoms with Crippen LogP contribution in [0.4, 0.5) is 5.69 Å². The molecule has 2 amide bonds. The summed E-state index contributed by atoms with van der Waals surface area (Å²) >= 11 is 7.16. The van der Waals surface area contributed by atoms with E-state index in [0.29, 0.717) is 10.7 Å². The van der Waals surface area contributed by atoms with Crippen LogP contribution >= 0.6 is 22.9 Å². The number of nitrogens with two attached hydrogens (primary N) is 2. The summed E-state index contributed by atoms with van der Waals surface area (Å²) in [7, 11) is 0. The molecule has 0 radical (unpaired) electrons. The molecule has 0 saturated heterocycles. The van der Waals surface area contributed by atoms with Crippen LogP contribution in [0.2, 0.25) is 5.02 Å². The second-order valence-corrected chi connectivity index (χ2v) is 5.67. The largest absolute Gasteiger partial charge is 0.366 e. The van der Waals surface area contributed by atoms with Gasteiger partial charge in [0.05, 0.1) is 16.6 Å². The highest BCUT2D eigenvalue weighted by atomic mass is 35.5. The van der Waals surface area contributed by atoms with Crippen LogP contribution in [0, 0.1) is 0 Å². The Kier molecular flexibility index (Phi) is 4.56. The van der Waals surface area contributed by atoms with Gasteiger partial charge in [0, 0.05) is 11.1 Å². The third kappa shape index (κ3) is 3.57. The topological polar surface area (TPSA) is 111 Å². The minimum absolute atomic E-state index is 0.143. The fourth-order valence-corrected chi connectivity index (χ4v) is 2.56.